The van der Waals surface area contributed by atoms with Crippen LogP contribution in [-0.4, -0.2) is 48.3 Å². The Morgan fingerprint density at radius 1 is 1.50 bits per heavy atom. The highest BCUT2D eigenvalue weighted by Crippen LogP contribution is 2.25. The Balaban J connectivity index is 2.17. The first-order chi connectivity index (χ1) is 9.42. The maximum atomic E-state index is 11.5. The van der Waals surface area contributed by atoms with E-state index >= 15 is 0 Å². The third kappa shape index (κ3) is 3.07. The largest absolute Gasteiger partial charge is 0.480 e. The van der Waals surface area contributed by atoms with Gasteiger partial charge in [-0.25, -0.2) is 15.0 Å². The van der Waals surface area contributed by atoms with Gasteiger partial charge in [-0.2, -0.15) is 0 Å². The van der Waals surface area contributed by atoms with Crippen molar-refractivity contribution in [1.82, 2.24) is 25.3 Å². The van der Waals surface area contributed by atoms with Gasteiger partial charge in [-0.05, 0) is 20.8 Å². The van der Waals surface area contributed by atoms with Gasteiger partial charge in [0.15, 0.2) is 5.65 Å². The highest BCUT2D eigenvalue weighted by molar-refractivity contribution is 7.99. The van der Waals surface area contributed by atoms with Crippen molar-refractivity contribution in [3.63, 3.8) is 0 Å². The van der Waals surface area contributed by atoms with Crippen molar-refractivity contribution in [3.8, 4) is 0 Å². The zero-order valence-corrected chi connectivity index (χ0v) is 12.4. The van der Waals surface area contributed by atoms with Gasteiger partial charge in [0, 0.05) is 11.8 Å². The number of aromatic nitrogens is 4. The van der Waals surface area contributed by atoms with Gasteiger partial charge in [0.2, 0.25) is 0 Å². The van der Waals surface area contributed by atoms with Gasteiger partial charge in [-0.15, -0.1) is 11.8 Å². The molecule has 108 valence electrons. The molecule has 1 atom stereocenters. The number of hydrogen-bond acceptors (Lipinski definition) is 6. The molecule has 0 saturated heterocycles. The fraction of sp³-hybridized carbons (Fsp3) is 0.500. The molecule has 2 aromatic rings. The molecular formula is C12H17N5O2S. The zero-order chi connectivity index (χ0) is 14.8. The number of imidazole rings is 1. The van der Waals surface area contributed by atoms with Crippen molar-refractivity contribution in [2.45, 2.75) is 37.4 Å². The average molecular weight is 295 g/mol. The van der Waals surface area contributed by atoms with Crippen LogP contribution in [0.25, 0.3) is 11.2 Å². The van der Waals surface area contributed by atoms with E-state index in [2.05, 4.69) is 25.3 Å². The highest BCUT2D eigenvalue weighted by atomic mass is 32.2. The second-order valence-electron chi connectivity index (χ2n) is 5.00. The molecule has 3 N–H and O–H groups in total. The molecule has 8 heteroatoms. The smallest absolute Gasteiger partial charge is 0.324 e. The third-order valence-corrected chi connectivity index (χ3v) is 4.07. The van der Waals surface area contributed by atoms with Crippen LogP contribution in [0.15, 0.2) is 17.7 Å². The SMILES string of the molecule is CC(C)NC(C)(CSc1ncnc2nc[nH]c12)C(=O)O. The minimum atomic E-state index is -1.02. The van der Waals surface area contributed by atoms with Gasteiger partial charge in [0.1, 0.15) is 22.4 Å². The molecule has 2 aromatic heterocycles. The van der Waals surface area contributed by atoms with E-state index < -0.39 is 11.5 Å². The standard InChI is InChI=1S/C12H17N5O2S/c1-7(2)17-12(3,11(18)19)4-20-10-8-9(14-5-13-8)15-6-16-10/h5-7,17H,4H2,1-3H3,(H,18,19)(H,13,14,15,16). The van der Waals surface area contributed by atoms with Crippen LogP contribution in [-0.2, 0) is 4.79 Å². The van der Waals surface area contributed by atoms with Crippen LogP contribution in [0.4, 0.5) is 0 Å². The van der Waals surface area contributed by atoms with Crippen molar-refractivity contribution in [3.05, 3.63) is 12.7 Å². The Labute approximate surface area is 120 Å². The van der Waals surface area contributed by atoms with E-state index in [1.165, 1.54) is 18.1 Å². The van der Waals surface area contributed by atoms with Gasteiger partial charge in [-0.1, -0.05) is 0 Å². The number of hydrogen-bond donors (Lipinski definition) is 3. The lowest BCUT2D eigenvalue weighted by Crippen LogP contribution is -2.54. The molecule has 7 nitrogen and oxygen atoms in total. The lowest BCUT2D eigenvalue weighted by molar-refractivity contribution is -0.143. The summed E-state index contributed by atoms with van der Waals surface area (Å²) in [5.41, 5.74) is 0.294. The molecule has 20 heavy (non-hydrogen) atoms. The first-order valence-corrected chi connectivity index (χ1v) is 7.19. The summed E-state index contributed by atoms with van der Waals surface area (Å²) >= 11 is 1.37. The van der Waals surface area contributed by atoms with E-state index in [0.29, 0.717) is 16.4 Å². The summed E-state index contributed by atoms with van der Waals surface area (Å²) in [5.74, 6) is -0.528. The number of nitrogens with zero attached hydrogens (tertiary/aromatic N) is 3. The lowest BCUT2D eigenvalue weighted by atomic mass is 10.1. The molecule has 0 aliphatic heterocycles. The second kappa shape index (κ2) is 5.76. The van der Waals surface area contributed by atoms with Crippen LogP contribution in [0.3, 0.4) is 0 Å². The Bertz CT molecular complexity index is 615. The summed E-state index contributed by atoms with van der Waals surface area (Å²) < 4.78 is 0. The summed E-state index contributed by atoms with van der Waals surface area (Å²) in [7, 11) is 0. The maximum absolute atomic E-state index is 11.5. The van der Waals surface area contributed by atoms with Crippen molar-refractivity contribution < 1.29 is 9.90 Å². The minimum absolute atomic E-state index is 0.0780. The summed E-state index contributed by atoms with van der Waals surface area (Å²) in [4.78, 5) is 26.7. The normalized spacial score (nSPS) is 14.6. The van der Waals surface area contributed by atoms with E-state index in [-0.39, 0.29) is 6.04 Å². The van der Waals surface area contributed by atoms with Gasteiger partial charge < -0.3 is 10.1 Å². The molecule has 0 amide bonds. The van der Waals surface area contributed by atoms with E-state index in [0.717, 1.165) is 5.52 Å². The van der Waals surface area contributed by atoms with Crippen molar-refractivity contribution in [1.29, 1.82) is 0 Å². The zero-order valence-electron chi connectivity index (χ0n) is 11.5. The van der Waals surface area contributed by atoms with Gasteiger partial charge in [0.05, 0.1) is 6.33 Å². The molecule has 0 aliphatic carbocycles. The fourth-order valence-electron chi connectivity index (χ4n) is 1.87. The topological polar surface area (TPSA) is 104 Å². The number of nitrogens with one attached hydrogen (secondary N) is 2. The molecular weight excluding hydrogens is 278 g/mol. The van der Waals surface area contributed by atoms with E-state index in [1.54, 1.807) is 13.3 Å². The summed E-state index contributed by atoms with van der Waals surface area (Å²) in [6.45, 7) is 5.51. The van der Waals surface area contributed by atoms with Crippen LogP contribution in [0.2, 0.25) is 0 Å². The number of rotatable bonds is 6. The van der Waals surface area contributed by atoms with Crippen molar-refractivity contribution in [2.75, 3.05) is 5.75 Å². The van der Waals surface area contributed by atoms with Crippen LogP contribution < -0.4 is 5.32 Å². The number of fused-ring (bicyclic) bond motifs is 1. The highest BCUT2D eigenvalue weighted by Gasteiger charge is 2.34. The second-order valence-corrected chi connectivity index (χ2v) is 5.97. The maximum Gasteiger partial charge on any atom is 0.324 e. The summed E-state index contributed by atoms with van der Waals surface area (Å²) in [5, 5.41) is 13.2. The Hall–Kier alpha value is -1.67. The fourth-order valence-corrected chi connectivity index (χ4v) is 2.92. The summed E-state index contributed by atoms with van der Waals surface area (Å²) in [6.07, 6.45) is 2.98. The number of H-pyrrole nitrogens is 1. The van der Waals surface area contributed by atoms with Gasteiger partial charge in [0.25, 0.3) is 0 Å². The van der Waals surface area contributed by atoms with Crippen molar-refractivity contribution >= 4 is 28.9 Å². The molecule has 2 rings (SSSR count). The van der Waals surface area contributed by atoms with Crippen LogP contribution in [0.1, 0.15) is 20.8 Å². The molecule has 0 bridgehead atoms. The lowest BCUT2D eigenvalue weighted by Gasteiger charge is -2.28. The quantitative estimate of drug-likeness (QED) is 0.545. The Kier molecular flexibility index (Phi) is 4.24. The first-order valence-electron chi connectivity index (χ1n) is 6.20. The minimum Gasteiger partial charge on any atom is -0.480 e. The number of thioether (sulfide) groups is 1. The molecule has 1 unspecified atom stereocenters. The van der Waals surface area contributed by atoms with Gasteiger partial charge >= 0.3 is 5.97 Å². The molecule has 0 aliphatic rings. The van der Waals surface area contributed by atoms with E-state index in [1.807, 2.05) is 13.8 Å². The number of carboxylic acid groups (broad SMARTS) is 1. The van der Waals surface area contributed by atoms with E-state index in [4.69, 9.17) is 0 Å². The molecule has 0 saturated carbocycles. The molecule has 0 aromatic carbocycles. The number of carbonyl (C=O) groups is 1. The van der Waals surface area contributed by atoms with Crippen LogP contribution in [0.5, 0.6) is 0 Å². The Morgan fingerprint density at radius 3 is 2.90 bits per heavy atom. The predicted molar refractivity (Wildman–Crippen MR) is 76.7 cm³/mol. The summed E-state index contributed by atoms with van der Waals surface area (Å²) in [6, 6.07) is 0.0780. The number of aromatic amines is 1. The third-order valence-electron chi connectivity index (χ3n) is 2.77. The van der Waals surface area contributed by atoms with Crippen LogP contribution >= 0.6 is 11.8 Å². The average Bonchev–Trinajstić information content (AvgIpc) is 2.84. The number of aliphatic carboxylic acids is 1. The molecule has 0 fully saturated rings. The first kappa shape index (κ1) is 14.7. The number of carboxylic acids is 1. The monoisotopic (exact) mass is 295 g/mol. The predicted octanol–water partition coefficient (Wildman–Crippen LogP) is 1.29. The van der Waals surface area contributed by atoms with E-state index in [9.17, 15) is 9.90 Å². The van der Waals surface area contributed by atoms with Gasteiger partial charge in [-0.3, -0.25) is 10.1 Å². The van der Waals surface area contributed by atoms with Crippen LogP contribution in [0, 0.1) is 0 Å². The Morgan fingerprint density at radius 2 is 2.25 bits per heavy atom. The van der Waals surface area contributed by atoms with Crippen molar-refractivity contribution in [2.24, 2.45) is 0 Å². The molecule has 2 heterocycles. The molecule has 0 spiro atoms. The molecule has 0 radical (unpaired) electrons.